The summed E-state index contributed by atoms with van der Waals surface area (Å²) >= 11 is 0.872. The first-order chi connectivity index (χ1) is 6.16. The Morgan fingerprint density at radius 2 is 2.23 bits per heavy atom. The molecular weight excluding hydrogens is 198 g/mol. The van der Waals surface area contributed by atoms with Crippen LogP contribution in [0.1, 0.15) is 17.9 Å². The Morgan fingerprint density at radius 3 is 2.69 bits per heavy atom. The van der Waals surface area contributed by atoms with Gasteiger partial charge in [-0.3, -0.25) is 0 Å². The van der Waals surface area contributed by atoms with Gasteiger partial charge >= 0.3 is 0 Å². The monoisotopic (exact) mass is 206 g/mol. The minimum absolute atomic E-state index is 0.124. The lowest BCUT2D eigenvalue weighted by Crippen LogP contribution is -2.12. The first kappa shape index (κ1) is 8.76. The van der Waals surface area contributed by atoms with E-state index in [-0.39, 0.29) is 17.1 Å². The highest BCUT2D eigenvalue weighted by molar-refractivity contribution is 7.15. The molecule has 1 aromatic heterocycles. The van der Waals surface area contributed by atoms with Crippen molar-refractivity contribution in [3.8, 4) is 0 Å². The van der Waals surface area contributed by atoms with Gasteiger partial charge in [-0.25, -0.2) is 8.78 Å². The van der Waals surface area contributed by atoms with Gasteiger partial charge in [0.25, 0.3) is 6.43 Å². The molecule has 1 fully saturated rings. The number of anilines is 1. The van der Waals surface area contributed by atoms with Crippen LogP contribution in [0.2, 0.25) is 0 Å². The van der Waals surface area contributed by atoms with Gasteiger partial charge in [0.1, 0.15) is 0 Å². The maximum absolute atomic E-state index is 12.1. The van der Waals surface area contributed by atoms with Crippen molar-refractivity contribution in [1.29, 1.82) is 0 Å². The van der Waals surface area contributed by atoms with Crippen molar-refractivity contribution in [2.75, 3.05) is 5.32 Å². The normalized spacial score (nSPS) is 26.5. The van der Waals surface area contributed by atoms with Gasteiger partial charge in [-0.05, 0) is 6.42 Å². The molecule has 1 aliphatic carbocycles. The molecule has 2 unspecified atom stereocenters. The van der Waals surface area contributed by atoms with Crippen LogP contribution in [0.4, 0.5) is 13.9 Å². The lowest BCUT2D eigenvalue weighted by atomic mass is 10.7. The summed E-state index contributed by atoms with van der Waals surface area (Å²) in [5.41, 5.74) is 5.53. The molecule has 0 spiro atoms. The third kappa shape index (κ3) is 1.92. The summed E-state index contributed by atoms with van der Waals surface area (Å²) < 4.78 is 24.1. The molecule has 0 radical (unpaired) electrons. The summed E-state index contributed by atoms with van der Waals surface area (Å²) in [6.07, 6.45) is -1.68. The number of hydrogen-bond acceptors (Lipinski definition) is 5. The second-order valence-corrected chi connectivity index (χ2v) is 3.91. The fourth-order valence-electron chi connectivity index (χ4n) is 0.920. The Labute approximate surface area is 77.2 Å². The molecule has 7 heteroatoms. The van der Waals surface area contributed by atoms with Crippen LogP contribution in [-0.2, 0) is 0 Å². The van der Waals surface area contributed by atoms with Crippen molar-refractivity contribution in [3.63, 3.8) is 0 Å². The van der Waals surface area contributed by atoms with E-state index in [1.165, 1.54) is 0 Å². The molecule has 13 heavy (non-hydrogen) atoms. The van der Waals surface area contributed by atoms with Crippen molar-refractivity contribution in [1.82, 2.24) is 10.2 Å². The molecule has 3 N–H and O–H groups in total. The fourth-order valence-corrected chi connectivity index (χ4v) is 1.58. The first-order valence-electron chi connectivity index (χ1n) is 3.80. The fraction of sp³-hybridized carbons (Fsp3) is 0.667. The standard InChI is InChI=1S/C6H8F2N4S/c7-4(8)5-11-12-6(13-5)10-3-1-2(3)9/h2-4H,1,9H2,(H,10,12). The van der Waals surface area contributed by atoms with Crippen molar-refractivity contribution in [2.45, 2.75) is 24.9 Å². The molecule has 0 aromatic carbocycles. The van der Waals surface area contributed by atoms with Gasteiger partial charge in [0.15, 0.2) is 5.01 Å². The van der Waals surface area contributed by atoms with E-state index < -0.39 is 6.43 Å². The predicted octanol–water partition coefficient (Wildman–Crippen LogP) is 0.987. The highest BCUT2D eigenvalue weighted by Gasteiger charge is 2.34. The number of halogens is 2. The molecule has 1 aromatic rings. The minimum atomic E-state index is -2.54. The Morgan fingerprint density at radius 1 is 1.54 bits per heavy atom. The molecule has 1 saturated carbocycles. The lowest BCUT2D eigenvalue weighted by Gasteiger charge is -1.95. The largest absolute Gasteiger partial charge is 0.356 e. The summed E-state index contributed by atoms with van der Waals surface area (Å²) in [5.74, 6) is 0. The maximum atomic E-state index is 12.1. The van der Waals surface area contributed by atoms with E-state index in [1.807, 2.05) is 0 Å². The maximum Gasteiger partial charge on any atom is 0.291 e. The van der Waals surface area contributed by atoms with E-state index in [0.29, 0.717) is 5.13 Å². The van der Waals surface area contributed by atoms with Crippen molar-refractivity contribution >= 4 is 16.5 Å². The SMILES string of the molecule is NC1CC1Nc1nnc(C(F)F)s1. The number of nitrogens with one attached hydrogen (secondary N) is 1. The molecule has 0 saturated heterocycles. The van der Waals surface area contributed by atoms with Gasteiger partial charge in [0, 0.05) is 12.1 Å². The summed E-state index contributed by atoms with van der Waals surface area (Å²) in [6, 6.07) is 0.303. The third-order valence-corrected chi connectivity index (χ3v) is 2.64. The van der Waals surface area contributed by atoms with Crippen LogP contribution in [0, 0.1) is 0 Å². The minimum Gasteiger partial charge on any atom is -0.356 e. The van der Waals surface area contributed by atoms with Gasteiger partial charge in [-0.1, -0.05) is 11.3 Å². The number of hydrogen-bond donors (Lipinski definition) is 2. The van der Waals surface area contributed by atoms with Crippen molar-refractivity contribution in [2.24, 2.45) is 5.73 Å². The topological polar surface area (TPSA) is 63.8 Å². The highest BCUT2D eigenvalue weighted by Crippen LogP contribution is 2.29. The molecule has 0 bridgehead atoms. The van der Waals surface area contributed by atoms with Gasteiger partial charge in [0.2, 0.25) is 5.13 Å². The number of alkyl halides is 2. The molecule has 1 heterocycles. The van der Waals surface area contributed by atoms with E-state index in [9.17, 15) is 8.78 Å². The average Bonchev–Trinajstić information content (AvgIpc) is 2.61. The molecule has 0 amide bonds. The second kappa shape index (κ2) is 3.15. The Balaban J connectivity index is 1.97. The number of aromatic nitrogens is 2. The molecule has 2 rings (SSSR count). The second-order valence-electron chi connectivity index (χ2n) is 2.90. The van der Waals surface area contributed by atoms with Crippen molar-refractivity contribution < 1.29 is 8.78 Å². The van der Waals surface area contributed by atoms with Crippen LogP contribution in [0.5, 0.6) is 0 Å². The molecular formula is C6H8F2N4S. The van der Waals surface area contributed by atoms with Gasteiger partial charge < -0.3 is 11.1 Å². The summed E-state index contributed by atoms with van der Waals surface area (Å²) in [7, 11) is 0. The number of rotatable bonds is 3. The quantitative estimate of drug-likeness (QED) is 0.774. The first-order valence-corrected chi connectivity index (χ1v) is 4.62. The van der Waals surface area contributed by atoms with Gasteiger partial charge in [0.05, 0.1) is 0 Å². The van der Waals surface area contributed by atoms with Crippen LogP contribution >= 0.6 is 11.3 Å². The van der Waals surface area contributed by atoms with Gasteiger partial charge in [-0.15, -0.1) is 10.2 Å². The van der Waals surface area contributed by atoms with Crippen LogP contribution in [-0.4, -0.2) is 22.3 Å². The Kier molecular flexibility index (Phi) is 2.12. The molecule has 72 valence electrons. The van der Waals surface area contributed by atoms with E-state index >= 15 is 0 Å². The van der Waals surface area contributed by atoms with Crippen LogP contribution in [0.15, 0.2) is 0 Å². The molecule has 0 aliphatic heterocycles. The number of nitrogens with two attached hydrogens (primary N) is 1. The van der Waals surface area contributed by atoms with E-state index in [2.05, 4.69) is 15.5 Å². The van der Waals surface area contributed by atoms with E-state index in [0.717, 1.165) is 17.8 Å². The van der Waals surface area contributed by atoms with Gasteiger partial charge in [-0.2, -0.15) is 0 Å². The smallest absolute Gasteiger partial charge is 0.291 e. The Hall–Kier alpha value is -0.820. The van der Waals surface area contributed by atoms with Crippen LogP contribution < -0.4 is 11.1 Å². The molecule has 2 atom stereocenters. The van der Waals surface area contributed by atoms with Crippen LogP contribution in [0.3, 0.4) is 0 Å². The summed E-state index contributed by atoms with van der Waals surface area (Å²) in [6.45, 7) is 0. The lowest BCUT2D eigenvalue weighted by molar-refractivity contribution is 0.150. The number of nitrogens with zero attached hydrogens (tertiary/aromatic N) is 2. The van der Waals surface area contributed by atoms with Crippen molar-refractivity contribution in [3.05, 3.63) is 5.01 Å². The highest BCUT2D eigenvalue weighted by atomic mass is 32.1. The zero-order valence-electron chi connectivity index (χ0n) is 6.58. The zero-order valence-corrected chi connectivity index (χ0v) is 7.39. The van der Waals surface area contributed by atoms with E-state index in [1.54, 1.807) is 0 Å². The van der Waals surface area contributed by atoms with E-state index in [4.69, 9.17) is 5.73 Å². The third-order valence-electron chi connectivity index (χ3n) is 1.78. The summed E-state index contributed by atoms with van der Waals surface area (Å²) in [4.78, 5) is 0. The molecule has 4 nitrogen and oxygen atoms in total. The summed E-state index contributed by atoms with van der Waals surface area (Å²) in [5, 5.41) is 10.0. The van der Waals surface area contributed by atoms with Crippen LogP contribution in [0.25, 0.3) is 0 Å². The average molecular weight is 206 g/mol. The Bertz CT molecular complexity index is 303. The zero-order chi connectivity index (χ0) is 9.42. The molecule has 1 aliphatic rings. The predicted molar refractivity (Wildman–Crippen MR) is 44.9 cm³/mol.